The second-order valence-electron chi connectivity index (χ2n) is 7.74. The molecule has 13 heteroatoms. The molecule has 3 rings (SSSR count). The molecular formula is C24H23F2N7O4. The topological polar surface area (TPSA) is 164 Å². The Hall–Kier alpha value is -4.99. The minimum Gasteiger partial charge on any atom is -0.476 e. The van der Waals surface area contributed by atoms with Crippen LogP contribution in [0.2, 0.25) is 0 Å². The molecule has 2 aromatic carbocycles. The highest BCUT2D eigenvalue weighted by molar-refractivity contribution is 6.03. The molecule has 0 aliphatic heterocycles. The summed E-state index contributed by atoms with van der Waals surface area (Å²) in [5, 5.41) is 16.2. The number of nitriles is 1. The van der Waals surface area contributed by atoms with Gasteiger partial charge in [-0.15, -0.1) is 0 Å². The van der Waals surface area contributed by atoms with Crippen molar-refractivity contribution in [3.05, 3.63) is 65.1 Å². The molecule has 4 amide bonds. The molecule has 0 saturated heterocycles. The first-order valence-corrected chi connectivity index (χ1v) is 10.9. The van der Waals surface area contributed by atoms with Gasteiger partial charge in [0.05, 0.1) is 11.9 Å². The highest BCUT2D eigenvalue weighted by atomic mass is 19.2. The van der Waals surface area contributed by atoms with Gasteiger partial charge < -0.3 is 31.0 Å². The molecule has 0 fully saturated rings. The second kappa shape index (κ2) is 11.6. The van der Waals surface area contributed by atoms with Crippen LogP contribution in [0, 0.1) is 29.9 Å². The smallest absolute Gasteiger partial charge is 0.312 e. The van der Waals surface area contributed by atoms with E-state index in [9.17, 15) is 23.2 Å². The van der Waals surface area contributed by atoms with E-state index in [1.165, 1.54) is 42.1 Å². The van der Waals surface area contributed by atoms with Crippen LogP contribution < -0.4 is 26.4 Å². The van der Waals surface area contributed by atoms with E-state index in [0.717, 1.165) is 0 Å². The Morgan fingerprint density at radius 1 is 1.11 bits per heavy atom. The predicted molar refractivity (Wildman–Crippen MR) is 129 cm³/mol. The lowest BCUT2D eigenvalue weighted by Gasteiger charge is -2.12. The average Bonchev–Trinajstić information content (AvgIpc) is 3.23. The summed E-state index contributed by atoms with van der Waals surface area (Å²) in [6.07, 6.45) is 1.23. The minimum atomic E-state index is -1.26. The molecule has 0 aliphatic carbocycles. The molecule has 11 nitrogen and oxygen atoms in total. The maximum Gasteiger partial charge on any atom is 0.312 e. The number of nitrogens with two attached hydrogens (primary N) is 1. The number of aromatic nitrogens is 2. The zero-order chi connectivity index (χ0) is 27.1. The van der Waals surface area contributed by atoms with Gasteiger partial charge >= 0.3 is 6.03 Å². The third-order valence-corrected chi connectivity index (χ3v) is 5.25. The van der Waals surface area contributed by atoms with Gasteiger partial charge in [0.15, 0.2) is 24.0 Å². The van der Waals surface area contributed by atoms with E-state index in [-0.39, 0.29) is 36.1 Å². The largest absolute Gasteiger partial charge is 0.476 e. The molecule has 0 unspecified atom stereocenters. The van der Waals surface area contributed by atoms with Crippen molar-refractivity contribution in [1.82, 2.24) is 20.2 Å². The van der Waals surface area contributed by atoms with E-state index < -0.39 is 35.9 Å². The number of carbonyl (C=O) groups is 3. The average molecular weight is 511 g/mol. The number of urea groups is 1. The number of amides is 4. The van der Waals surface area contributed by atoms with Crippen molar-refractivity contribution in [2.24, 2.45) is 12.8 Å². The Bertz CT molecular complexity index is 1400. The molecule has 0 atom stereocenters. The standard InChI is InChI=1S/C24H23F2N7O4/c1-13-11-14(3-4-15(13)22(34)29-8-9-30-24(28)36)32-23(35)21-31-12-17(33(21)2)16-5-6-18(37-10-7-27)20(26)19(16)25/h3-6,11-12H,8-10H2,1-2H3,(H,29,34)(H,32,35)(H3,28,30,36). The van der Waals surface area contributed by atoms with E-state index in [2.05, 4.69) is 20.9 Å². The van der Waals surface area contributed by atoms with Crippen LogP contribution in [0.4, 0.5) is 19.3 Å². The molecule has 0 saturated carbocycles. The number of rotatable bonds is 9. The highest BCUT2D eigenvalue weighted by Gasteiger charge is 2.22. The number of hydrogen-bond acceptors (Lipinski definition) is 6. The molecule has 0 radical (unpaired) electrons. The Labute approximate surface area is 210 Å². The van der Waals surface area contributed by atoms with Gasteiger partial charge in [0.25, 0.3) is 11.8 Å². The molecular weight excluding hydrogens is 488 g/mol. The third-order valence-electron chi connectivity index (χ3n) is 5.25. The van der Waals surface area contributed by atoms with Crippen LogP contribution in [0.1, 0.15) is 26.5 Å². The van der Waals surface area contributed by atoms with E-state index in [4.69, 9.17) is 15.7 Å². The van der Waals surface area contributed by atoms with Gasteiger partial charge in [-0.3, -0.25) is 9.59 Å². The molecule has 0 aliphatic rings. The predicted octanol–water partition coefficient (Wildman–Crippen LogP) is 2.23. The molecule has 37 heavy (non-hydrogen) atoms. The lowest BCUT2D eigenvalue weighted by Crippen LogP contribution is -2.37. The number of nitrogens with one attached hydrogen (secondary N) is 3. The van der Waals surface area contributed by atoms with Crippen LogP contribution in [0.5, 0.6) is 5.75 Å². The summed E-state index contributed by atoms with van der Waals surface area (Å²) < 4.78 is 35.1. The quantitative estimate of drug-likeness (QED) is 0.322. The summed E-state index contributed by atoms with van der Waals surface area (Å²) >= 11 is 0. The fourth-order valence-corrected chi connectivity index (χ4v) is 3.46. The normalized spacial score (nSPS) is 10.4. The Morgan fingerprint density at radius 3 is 2.51 bits per heavy atom. The van der Waals surface area contributed by atoms with Crippen LogP contribution in [0.15, 0.2) is 36.5 Å². The molecule has 0 spiro atoms. The summed E-state index contributed by atoms with van der Waals surface area (Å²) in [5.74, 6) is -3.92. The minimum absolute atomic E-state index is 0.0685. The molecule has 5 N–H and O–H groups in total. The number of halogens is 2. The van der Waals surface area contributed by atoms with Crippen molar-refractivity contribution >= 4 is 23.5 Å². The number of imidazole rings is 1. The summed E-state index contributed by atoms with van der Waals surface area (Å²) in [4.78, 5) is 39.9. The number of nitrogens with zero attached hydrogens (tertiary/aromatic N) is 3. The van der Waals surface area contributed by atoms with E-state index in [1.54, 1.807) is 19.1 Å². The van der Waals surface area contributed by atoms with Crippen LogP contribution in [-0.2, 0) is 7.05 Å². The van der Waals surface area contributed by atoms with Crippen molar-refractivity contribution in [3.8, 4) is 23.1 Å². The number of anilines is 1. The first-order valence-electron chi connectivity index (χ1n) is 10.9. The first kappa shape index (κ1) is 26.6. The lowest BCUT2D eigenvalue weighted by molar-refractivity contribution is 0.0952. The van der Waals surface area contributed by atoms with Crippen LogP contribution in [0.25, 0.3) is 11.3 Å². The fourth-order valence-electron chi connectivity index (χ4n) is 3.46. The Kier molecular flexibility index (Phi) is 8.36. The Morgan fingerprint density at radius 2 is 1.84 bits per heavy atom. The molecule has 1 aromatic heterocycles. The van der Waals surface area contributed by atoms with E-state index >= 15 is 0 Å². The maximum absolute atomic E-state index is 14.7. The summed E-state index contributed by atoms with van der Waals surface area (Å²) in [5.41, 5.74) is 6.30. The number of carbonyl (C=O) groups excluding carboxylic acids is 3. The SMILES string of the molecule is Cc1cc(NC(=O)c2ncc(-c3ccc(OCC#N)c(F)c3F)n2C)ccc1C(=O)NCCNC(N)=O. The van der Waals surface area contributed by atoms with Gasteiger partial charge in [-0.1, -0.05) is 0 Å². The zero-order valence-corrected chi connectivity index (χ0v) is 19.9. The Balaban J connectivity index is 1.72. The maximum atomic E-state index is 14.7. The highest BCUT2D eigenvalue weighted by Crippen LogP contribution is 2.30. The van der Waals surface area contributed by atoms with Gasteiger partial charge in [0, 0.05) is 37.0 Å². The van der Waals surface area contributed by atoms with Crippen LogP contribution in [0.3, 0.4) is 0 Å². The molecule has 0 bridgehead atoms. The molecule has 3 aromatic rings. The number of aryl methyl sites for hydroxylation is 1. The van der Waals surface area contributed by atoms with Gasteiger partial charge in [0.2, 0.25) is 5.82 Å². The second-order valence-corrected chi connectivity index (χ2v) is 7.74. The molecule has 1 heterocycles. The lowest BCUT2D eigenvalue weighted by atomic mass is 10.1. The summed E-state index contributed by atoms with van der Waals surface area (Å²) in [6.45, 7) is 1.61. The van der Waals surface area contributed by atoms with Gasteiger partial charge in [-0.25, -0.2) is 14.2 Å². The zero-order valence-electron chi connectivity index (χ0n) is 19.9. The number of ether oxygens (including phenoxy) is 1. The van der Waals surface area contributed by atoms with Crippen molar-refractivity contribution in [3.63, 3.8) is 0 Å². The van der Waals surface area contributed by atoms with Crippen molar-refractivity contribution in [1.29, 1.82) is 5.26 Å². The number of primary amides is 1. The fraction of sp³-hybridized carbons (Fsp3) is 0.208. The van der Waals surface area contributed by atoms with Crippen molar-refractivity contribution in [2.45, 2.75) is 6.92 Å². The van der Waals surface area contributed by atoms with E-state index in [1.807, 2.05) is 0 Å². The van der Waals surface area contributed by atoms with Crippen molar-refractivity contribution < 1.29 is 27.9 Å². The van der Waals surface area contributed by atoms with Crippen LogP contribution in [-0.4, -0.2) is 47.1 Å². The molecule has 192 valence electrons. The van der Waals surface area contributed by atoms with Crippen LogP contribution >= 0.6 is 0 Å². The number of benzene rings is 2. The first-order chi connectivity index (χ1) is 17.6. The summed E-state index contributed by atoms with van der Waals surface area (Å²) in [7, 11) is 1.47. The monoisotopic (exact) mass is 511 g/mol. The van der Waals surface area contributed by atoms with Crippen molar-refractivity contribution in [2.75, 3.05) is 25.0 Å². The summed E-state index contributed by atoms with van der Waals surface area (Å²) in [6, 6.07) is 8.08. The third kappa shape index (κ3) is 6.17. The number of hydrogen-bond donors (Lipinski definition) is 4. The van der Waals surface area contributed by atoms with Gasteiger partial charge in [-0.05, 0) is 42.8 Å². The van der Waals surface area contributed by atoms with Gasteiger partial charge in [-0.2, -0.15) is 9.65 Å². The van der Waals surface area contributed by atoms with Gasteiger partial charge in [0.1, 0.15) is 6.07 Å². The van der Waals surface area contributed by atoms with E-state index in [0.29, 0.717) is 16.8 Å².